The molecule has 0 spiro atoms. The second-order valence-corrected chi connectivity index (χ2v) is 3.32. The molecule has 0 aliphatic rings. The number of carbonyl (C=O) groups excluding carboxylic acids is 1. The number of nitrogens with one attached hydrogen (secondary N) is 2. The molecule has 0 aliphatic carbocycles. The quantitative estimate of drug-likeness (QED) is 0.724. The van der Waals surface area contributed by atoms with Crippen LogP contribution in [0.15, 0.2) is 29.1 Å². The van der Waals surface area contributed by atoms with E-state index in [1.54, 1.807) is 25.1 Å². The maximum atomic E-state index is 11.2. The van der Waals surface area contributed by atoms with Crippen LogP contribution in [-0.4, -0.2) is 16.5 Å². The Morgan fingerprint density at radius 3 is 2.67 bits per heavy atom. The molecule has 1 aromatic heterocycles. The first kappa shape index (κ1) is 9.45. The minimum absolute atomic E-state index is 0.137. The molecule has 15 heavy (non-hydrogen) atoms. The van der Waals surface area contributed by atoms with Crippen molar-refractivity contribution in [1.29, 1.82) is 0 Å². The van der Waals surface area contributed by atoms with E-state index in [9.17, 15) is 9.59 Å². The van der Waals surface area contributed by atoms with Crippen molar-refractivity contribution in [3.8, 4) is 11.3 Å². The van der Waals surface area contributed by atoms with Crippen LogP contribution in [0.25, 0.3) is 11.3 Å². The molecule has 4 heteroatoms. The predicted octanol–water partition coefficient (Wildman–Crippen LogP) is 1.49. The third-order valence-corrected chi connectivity index (χ3v) is 2.33. The van der Waals surface area contributed by atoms with Gasteiger partial charge in [0.1, 0.15) is 6.29 Å². The molecule has 0 amide bonds. The second-order valence-electron chi connectivity index (χ2n) is 3.32. The standard InChI is InChI=1S/C11H10N2O2/c1-7-10(12-13-11(7)15)9-4-2-3-8(5-9)6-14/h2-6H,1H3,(H2,12,13,15). The number of aromatic amines is 2. The van der Waals surface area contributed by atoms with Gasteiger partial charge in [-0.25, -0.2) is 0 Å². The van der Waals surface area contributed by atoms with Crippen molar-refractivity contribution in [1.82, 2.24) is 10.2 Å². The van der Waals surface area contributed by atoms with Crippen molar-refractivity contribution in [2.75, 3.05) is 0 Å². The van der Waals surface area contributed by atoms with Crippen LogP contribution in [0, 0.1) is 6.92 Å². The largest absolute Gasteiger partial charge is 0.298 e. The lowest BCUT2D eigenvalue weighted by molar-refractivity contribution is 0.112. The lowest BCUT2D eigenvalue weighted by atomic mass is 10.1. The molecule has 0 aliphatic heterocycles. The van der Waals surface area contributed by atoms with Gasteiger partial charge < -0.3 is 0 Å². The number of rotatable bonds is 2. The fraction of sp³-hybridized carbons (Fsp3) is 0.0909. The van der Waals surface area contributed by atoms with E-state index in [-0.39, 0.29) is 5.56 Å². The summed E-state index contributed by atoms with van der Waals surface area (Å²) in [6.45, 7) is 1.73. The molecule has 0 fully saturated rings. The third-order valence-electron chi connectivity index (χ3n) is 2.33. The highest BCUT2D eigenvalue weighted by atomic mass is 16.1. The minimum Gasteiger partial charge on any atom is -0.298 e. The number of benzene rings is 1. The third kappa shape index (κ3) is 1.61. The topological polar surface area (TPSA) is 65.7 Å². The van der Waals surface area contributed by atoms with Gasteiger partial charge >= 0.3 is 0 Å². The Bertz CT molecular complexity index is 552. The maximum absolute atomic E-state index is 11.2. The molecule has 0 bridgehead atoms. The predicted molar refractivity (Wildman–Crippen MR) is 57.0 cm³/mol. The molecular weight excluding hydrogens is 192 g/mol. The van der Waals surface area contributed by atoms with E-state index in [1.807, 2.05) is 6.07 Å². The van der Waals surface area contributed by atoms with Gasteiger partial charge in [-0.05, 0) is 13.0 Å². The summed E-state index contributed by atoms with van der Waals surface area (Å²) < 4.78 is 0. The van der Waals surface area contributed by atoms with Gasteiger partial charge in [0.05, 0.1) is 5.69 Å². The minimum atomic E-state index is -0.137. The maximum Gasteiger partial charge on any atom is 0.267 e. The highest BCUT2D eigenvalue weighted by Crippen LogP contribution is 2.18. The Kier molecular flexibility index (Phi) is 2.25. The lowest BCUT2D eigenvalue weighted by Crippen LogP contribution is -2.00. The van der Waals surface area contributed by atoms with E-state index in [2.05, 4.69) is 10.2 Å². The lowest BCUT2D eigenvalue weighted by Gasteiger charge is -1.99. The fourth-order valence-electron chi connectivity index (χ4n) is 1.48. The summed E-state index contributed by atoms with van der Waals surface area (Å²) in [6.07, 6.45) is 0.781. The molecular formula is C11H10N2O2. The summed E-state index contributed by atoms with van der Waals surface area (Å²) in [6, 6.07) is 7.08. The second kappa shape index (κ2) is 3.57. The highest BCUT2D eigenvalue weighted by Gasteiger charge is 2.07. The molecule has 2 aromatic rings. The van der Waals surface area contributed by atoms with Gasteiger partial charge in [-0.2, -0.15) is 0 Å². The Balaban J connectivity index is 2.58. The molecule has 4 nitrogen and oxygen atoms in total. The number of H-pyrrole nitrogens is 2. The van der Waals surface area contributed by atoms with Gasteiger partial charge in [-0.3, -0.25) is 19.8 Å². The molecule has 2 rings (SSSR count). The van der Waals surface area contributed by atoms with Crippen molar-refractivity contribution < 1.29 is 4.79 Å². The van der Waals surface area contributed by atoms with Crippen molar-refractivity contribution in [3.63, 3.8) is 0 Å². The van der Waals surface area contributed by atoms with Crippen molar-refractivity contribution in [3.05, 3.63) is 45.7 Å². The van der Waals surface area contributed by atoms with Crippen LogP contribution in [0.5, 0.6) is 0 Å². The van der Waals surface area contributed by atoms with Gasteiger partial charge in [0, 0.05) is 16.7 Å². The Labute approximate surface area is 85.9 Å². The van der Waals surface area contributed by atoms with E-state index in [4.69, 9.17) is 0 Å². The first-order chi connectivity index (χ1) is 7.22. The van der Waals surface area contributed by atoms with Crippen LogP contribution in [0.3, 0.4) is 0 Å². The first-order valence-corrected chi connectivity index (χ1v) is 4.55. The van der Waals surface area contributed by atoms with Crippen molar-refractivity contribution >= 4 is 6.29 Å². The molecule has 1 aromatic carbocycles. The summed E-state index contributed by atoms with van der Waals surface area (Å²) in [4.78, 5) is 21.8. The van der Waals surface area contributed by atoms with E-state index in [0.717, 1.165) is 17.5 Å². The van der Waals surface area contributed by atoms with E-state index >= 15 is 0 Å². The number of hydrogen-bond acceptors (Lipinski definition) is 2. The average Bonchev–Trinajstić information content (AvgIpc) is 2.60. The Morgan fingerprint density at radius 2 is 2.07 bits per heavy atom. The van der Waals surface area contributed by atoms with Gasteiger partial charge in [-0.15, -0.1) is 0 Å². The van der Waals surface area contributed by atoms with Crippen LogP contribution in [-0.2, 0) is 0 Å². The zero-order chi connectivity index (χ0) is 10.8. The first-order valence-electron chi connectivity index (χ1n) is 4.55. The van der Waals surface area contributed by atoms with Crippen LogP contribution < -0.4 is 5.56 Å². The molecule has 0 unspecified atom stereocenters. The number of hydrogen-bond donors (Lipinski definition) is 2. The van der Waals surface area contributed by atoms with E-state index < -0.39 is 0 Å². The van der Waals surface area contributed by atoms with Crippen molar-refractivity contribution in [2.45, 2.75) is 6.92 Å². The van der Waals surface area contributed by atoms with Crippen LogP contribution >= 0.6 is 0 Å². The van der Waals surface area contributed by atoms with E-state index in [1.165, 1.54) is 0 Å². The zero-order valence-corrected chi connectivity index (χ0v) is 8.20. The number of carbonyl (C=O) groups is 1. The molecule has 0 saturated carbocycles. The molecule has 0 radical (unpaired) electrons. The van der Waals surface area contributed by atoms with Crippen LogP contribution in [0.1, 0.15) is 15.9 Å². The summed E-state index contributed by atoms with van der Waals surface area (Å²) in [5.41, 5.74) is 2.63. The van der Waals surface area contributed by atoms with Gasteiger partial charge in [0.15, 0.2) is 0 Å². The van der Waals surface area contributed by atoms with E-state index in [0.29, 0.717) is 11.1 Å². The van der Waals surface area contributed by atoms with Gasteiger partial charge in [0.2, 0.25) is 0 Å². The number of aromatic nitrogens is 2. The fourth-order valence-corrected chi connectivity index (χ4v) is 1.48. The molecule has 1 heterocycles. The Morgan fingerprint density at radius 1 is 1.27 bits per heavy atom. The molecule has 0 atom stereocenters. The highest BCUT2D eigenvalue weighted by molar-refractivity contribution is 5.78. The smallest absolute Gasteiger partial charge is 0.267 e. The normalized spacial score (nSPS) is 10.2. The summed E-state index contributed by atoms with van der Waals surface area (Å²) in [5, 5.41) is 5.29. The zero-order valence-electron chi connectivity index (χ0n) is 8.20. The summed E-state index contributed by atoms with van der Waals surface area (Å²) in [7, 11) is 0. The summed E-state index contributed by atoms with van der Waals surface area (Å²) in [5.74, 6) is 0. The van der Waals surface area contributed by atoms with Crippen LogP contribution in [0.2, 0.25) is 0 Å². The van der Waals surface area contributed by atoms with Crippen LogP contribution in [0.4, 0.5) is 0 Å². The molecule has 0 saturated heterocycles. The summed E-state index contributed by atoms with van der Waals surface area (Å²) >= 11 is 0. The van der Waals surface area contributed by atoms with Gasteiger partial charge in [-0.1, -0.05) is 18.2 Å². The molecule has 76 valence electrons. The monoisotopic (exact) mass is 202 g/mol. The Hall–Kier alpha value is -2.10. The number of aldehydes is 1. The molecule has 2 N–H and O–H groups in total. The van der Waals surface area contributed by atoms with Crippen molar-refractivity contribution in [2.24, 2.45) is 0 Å². The SMILES string of the molecule is Cc1c(-c2cccc(C=O)c2)[nH][nH]c1=O. The van der Waals surface area contributed by atoms with Gasteiger partial charge in [0.25, 0.3) is 5.56 Å². The average molecular weight is 202 g/mol.